The Hall–Kier alpha value is -1.38. The highest BCUT2D eigenvalue weighted by Crippen LogP contribution is 2.38. The molecule has 1 aromatic heterocycles. The maximum atomic E-state index is 10.8. The minimum atomic E-state index is -0.377. The average molecular weight is 353 g/mol. The molecule has 0 amide bonds. The summed E-state index contributed by atoms with van der Waals surface area (Å²) in [5, 5.41) is 19.2. The third kappa shape index (κ3) is 4.82. The molecule has 1 atom stereocenters. The van der Waals surface area contributed by atoms with E-state index >= 15 is 0 Å². The Bertz CT molecular complexity index is 687. The van der Waals surface area contributed by atoms with Crippen molar-refractivity contribution in [1.82, 2.24) is 10.2 Å². The van der Waals surface area contributed by atoms with E-state index in [4.69, 9.17) is 0 Å². The second-order valence-electron chi connectivity index (χ2n) is 4.69. The zero-order chi connectivity index (χ0) is 16.1. The van der Waals surface area contributed by atoms with Crippen LogP contribution in [-0.2, 0) is 0 Å². The smallest absolute Gasteiger partial charge is 0.258 e. The SMILES string of the molecule is C=C(C)CSc1nnc(S[C@H](C)c2cccc([N+](=O)[O-])c2)s1. The van der Waals surface area contributed by atoms with Crippen LogP contribution in [0.5, 0.6) is 0 Å². The maximum Gasteiger partial charge on any atom is 0.269 e. The van der Waals surface area contributed by atoms with Crippen molar-refractivity contribution in [3.8, 4) is 0 Å². The summed E-state index contributed by atoms with van der Waals surface area (Å²) in [4.78, 5) is 10.5. The molecule has 1 aromatic carbocycles. The van der Waals surface area contributed by atoms with E-state index in [9.17, 15) is 10.1 Å². The van der Waals surface area contributed by atoms with E-state index < -0.39 is 0 Å². The minimum Gasteiger partial charge on any atom is -0.258 e. The number of hydrogen-bond donors (Lipinski definition) is 0. The van der Waals surface area contributed by atoms with Gasteiger partial charge in [0.05, 0.1) is 4.92 Å². The molecule has 0 aliphatic rings. The van der Waals surface area contributed by atoms with Gasteiger partial charge >= 0.3 is 0 Å². The van der Waals surface area contributed by atoms with E-state index in [1.165, 1.54) is 17.4 Å². The van der Waals surface area contributed by atoms with Gasteiger partial charge in [0.2, 0.25) is 0 Å². The van der Waals surface area contributed by atoms with Gasteiger partial charge in [0.1, 0.15) is 0 Å². The number of nitrogens with zero attached hydrogens (tertiary/aromatic N) is 3. The van der Waals surface area contributed by atoms with Crippen molar-refractivity contribution in [1.29, 1.82) is 0 Å². The van der Waals surface area contributed by atoms with E-state index in [1.807, 2.05) is 19.9 Å². The molecule has 0 fully saturated rings. The molecule has 0 saturated heterocycles. The van der Waals surface area contributed by atoms with Crippen LogP contribution in [0.3, 0.4) is 0 Å². The molecule has 0 saturated carbocycles. The number of non-ortho nitro benzene ring substituents is 1. The van der Waals surface area contributed by atoms with Gasteiger partial charge in [-0.15, -0.1) is 10.2 Å². The number of thioether (sulfide) groups is 2. The van der Waals surface area contributed by atoms with Crippen molar-refractivity contribution in [2.24, 2.45) is 0 Å². The molecule has 2 aromatic rings. The second-order valence-corrected chi connectivity index (χ2v) is 8.48. The summed E-state index contributed by atoms with van der Waals surface area (Å²) >= 11 is 4.72. The van der Waals surface area contributed by atoms with Gasteiger partial charge in [0.25, 0.3) is 5.69 Å². The monoisotopic (exact) mass is 353 g/mol. The normalized spacial score (nSPS) is 12.1. The molecule has 0 bridgehead atoms. The molecule has 0 radical (unpaired) electrons. The first-order valence-electron chi connectivity index (χ1n) is 6.47. The summed E-state index contributed by atoms with van der Waals surface area (Å²) in [6.07, 6.45) is 0. The van der Waals surface area contributed by atoms with Crippen LogP contribution < -0.4 is 0 Å². The van der Waals surface area contributed by atoms with E-state index in [1.54, 1.807) is 35.7 Å². The van der Waals surface area contributed by atoms with Crippen molar-refractivity contribution in [2.75, 3.05) is 5.75 Å². The third-order valence-electron chi connectivity index (χ3n) is 2.66. The molecule has 116 valence electrons. The van der Waals surface area contributed by atoms with Gasteiger partial charge in [0.15, 0.2) is 8.68 Å². The maximum absolute atomic E-state index is 10.8. The lowest BCUT2D eigenvalue weighted by Crippen LogP contribution is -1.92. The number of benzene rings is 1. The zero-order valence-corrected chi connectivity index (χ0v) is 14.6. The summed E-state index contributed by atoms with van der Waals surface area (Å²) in [5.41, 5.74) is 2.12. The van der Waals surface area contributed by atoms with Gasteiger partial charge in [-0.3, -0.25) is 10.1 Å². The lowest BCUT2D eigenvalue weighted by molar-refractivity contribution is -0.384. The van der Waals surface area contributed by atoms with Gasteiger partial charge in [0, 0.05) is 23.1 Å². The van der Waals surface area contributed by atoms with Gasteiger partial charge in [-0.2, -0.15) is 0 Å². The van der Waals surface area contributed by atoms with Crippen LogP contribution in [0.1, 0.15) is 24.7 Å². The third-order valence-corrected chi connectivity index (χ3v) is 6.19. The molecule has 0 N–H and O–H groups in total. The molecule has 0 spiro atoms. The fraction of sp³-hybridized carbons (Fsp3) is 0.286. The van der Waals surface area contributed by atoms with Gasteiger partial charge in [-0.25, -0.2) is 0 Å². The number of nitro groups is 1. The van der Waals surface area contributed by atoms with Gasteiger partial charge in [-0.1, -0.05) is 59.1 Å². The van der Waals surface area contributed by atoms with Crippen molar-refractivity contribution < 1.29 is 4.92 Å². The number of hydrogen-bond acceptors (Lipinski definition) is 7. The number of aromatic nitrogens is 2. The molecule has 5 nitrogen and oxygen atoms in total. The number of nitro benzene ring substituents is 1. The predicted molar refractivity (Wildman–Crippen MR) is 92.8 cm³/mol. The molecular formula is C14H15N3O2S3. The van der Waals surface area contributed by atoms with Crippen molar-refractivity contribution in [3.05, 3.63) is 52.1 Å². The zero-order valence-electron chi connectivity index (χ0n) is 12.2. The van der Waals surface area contributed by atoms with Crippen LogP contribution in [0.2, 0.25) is 0 Å². The molecule has 0 unspecified atom stereocenters. The Labute approximate surface area is 141 Å². The fourth-order valence-electron chi connectivity index (χ4n) is 1.60. The van der Waals surface area contributed by atoms with Gasteiger partial charge < -0.3 is 0 Å². The summed E-state index contributed by atoms with van der Waals surface area (Å²) in [5.74, 6) is 0.833. The fourth-order valence-corrected chi connectivity index (χ4v) is 4.72. The number of rotatable bonds is 7. The molecular weight excluding hydrogens is 338 g/mol. The Morgan fingerprint density at radius 1 is 1.45 bits per heavy atom. The molecule has 22 heavy (non-hydrogen) atoms. The Balaban J connectivity index is 2.02. The second kappa shape index (κ2) is 7.75. The molecule has 0 aliphatic heterocycles. The molecule has 8 heteroatoms. The van der Waals surface area contributed by atoms with Crippen LogP contribution >= 0.6 is 34.9 Å². The van der Waals surface area contributed by atoms with Crippen molar-refractivity contribution >= 4 is 40.5 Å². The van der Waals surface area contributed by atoms with E-state index in [2.05, 4.69) is 16.8 Å². The average Bonchev–Trinajstić information content (AvgIpc) is 2.92. The first-order chi connectivity index (χ1) is 10.5. The summed E-state index contributed by atoms with van der Waals surface area (Å²) < 4.78 is 1.78. The highest BCUT2D eigenvalue weighted by atomic mass is 32.2. The van der Waals surface area contributed by atoms with Crippen LogP contribution in [0.4, 0.5) is 5.69 Å². The van der Waals surface area contributed by atoms with Gasteiger partial charge in [-0.05, 0) is 19.4 Å². The van der Waals surface area contributed by atoms with Crippen LogP contribution in [0.15, 0.2) is 45.1 Å². The molecule has 0 aliphatic carbocycles. The highest BCUT2D eigenvalue weighted by Gasteiger charge is 2.15. The first-order valence-corrected chi connectivity index (χ1v) is 9.15. The van der Waals surface area contributed by atoms with Crippen molar-refractivity contribution in [3.63, 3.8) is 0 Å². The summed E-state index contributed by atoms with van der Waals surface area (Å²) in [7, 11) is 0. The van der Waals surface area contributed by atoms with Crippen LogP contribution in [0, 0.1) is 10.1 Å². The Morgan fingerprint density at radius 2 is 2.18 bits per heavy atom. The quantitative estimate of drug-likeness (QED) is 0.303. The minimum absolute atomic E-state index is 0.0758. The Kier molecular flexibility index (Phi) is 5.98. The molecule has 1 heterocycles. The lowest BCUT2D eigenvalue weighted by atomic mass is 10.1. The first kappa shape index (κ1) is 17.0. The largest absolute Gasteiger partial charge is 0.269 e. The van der Waals surface area contributed by atoms with Crippen LogP contribution in [-0.4, -0.2) is 20.9 Å². The Morgan fingerprint density at radius 3 is 2.86 bits per heavy atom. The standard InChI is InChI=1S/C14H15N3O2S3/c1-9(2)8-20-13-15-16-14(22-13)21-10(3)11-5-4-6-12(7-11)17(18)19/h4-7,10H,1,8H2,2-3H3/t10-/m1/s1. The molecule has 2 rings (SSSR count). The van der Waals surface area contributed by atoms with Crippen LogP contribution in [0.25, 0.3) is 0 Å². The van der Waals surface area contributed by atoms with E-state index in [0.717, 1.165) is 25.6 Å². The predicted octanol–water partition coefficient (Wildman–Crippen LogP) is 4.97. The summed E-state index contributed by atoms with van der Waals surface area (Å²) in [6, 6.07) is 6.70. The van der Waals surface area contributed by atoms with Crippen molar-refractivity contribution in [2.45, 2.75) is 27.8 Å². The van der Waals surface area contributed by atoms with E-state index in [-0.39, 0.29) is 15.9 Å². The summed E-state index contributed by atoms with van der Waals surface area (Å²) in [6.45, 7) is 7.85. The van der Waals surface area contributed by atoms with E-state index in [0.29, 0.717) is 0 Å². The highest BCUT2D eigenvalue weighted by molar-refractivity contribution is 8.03. The topological polar surface area (TPSA) is 68.9 Å². The lowest BCUT2D eigenvalue weighted by Gasteiger charge is -2.08.